The van der Waals surface area contributed by atoms with Crippen LogP contribution in [0.1, 0.15) is 44.4 Å². The molecule has 0 heterocycles. The fourth-order valence-electron chi connectivity index (χ4n) is 1.82. The molecule has 1 atom stereocenters. The van der Waals surface area contributed by atoms with Gasteiger partial charge in [0.05, 0.1) is 0 Å². The average Bonchev–Trinajstić information content (AvgIpc) is 2.27. The summed E-state index contributed by atoms with van der Waals surface area (Å²) in [6, 6.07) is 6.99. The molecule has 102 valence electrons. The Kier molecular flexibility index (Phi) is 5.36. The van der Waals surface area contributed by atoms with Gasteiger partial charge < -0.3 is 10.6 Å². The second-order valence-corrected chi connectivity index (χ2v) is 6.27. The first-order valence-electron chi connectivity index (χ1n) is 6.83. The Morgan fingerprint density at radius 1 is 1.17 bits per heavy atom. The summed E-state index contributed by atoms with van der Waals surface area (Å²) in [5, 5.41) is 7.10. The van der Waals surface area contributed by atoms with Crippen LogP contribution in [0.3, 0.4) is 0 Å². The third kappa shape index (κ3) is 5.19. The van der Waals surface area contributed by atoms with Gasteiger partial charge in [-0.05, 0) is 58.2 Å². The molecule has 0 amide bonds. The van der Waals surface area contributed by atoms with Gasteiger partial charge >= 0.3 is 0 Å². The van der Waals surface area contributed by atoms with Crippen LogP contribution in [0.5, 0.6) is 0 Å². The monoisotopic (exact) mass is 248 g/mol. The van der Waals surface area contributed by atoms with Crippen molar-refractivity contribution >= 4 is 0 Å². The highest BCUT2D eigenvalue weighted by molar-refractivity contribution is 5.32. The number of nitrogens with one attached hydrogen (secondary N) is 2. The van der Waals surface area contributed by atoms with Crippen LogP contribution in [-0.4, -0.2) is 18.1 Å². The molecule has 2 N–H and O–H groups in total. The largest absolute Gasteiger partial charge is 0.311 e. The van der Waals surface area contributed by atoms with Crippen LogP contribution in [0.4, 0.5) is 0 Å². The molecule has 0 saturated heterocycles. The molecule has 1 aromatic rings. The van der Waals surface area contributed by atoms with E-state index in [1.807, 2.05) is 0 Å². The lowest BCUT2D eigenvalue weighted by molar-refractivity contribution is 0.387. The molecule has 0 aliphatic carbocycles. The van der Waals surface area contributed by atoms with Gasteiger partial charge in [-0.1, -0.05) is 18.2 Å². The molecule has 0 aliphatic rings. The van der Waals surface area contributed by atoms with Gasteiger partial charge in [-0.2, -0.15) is 0 Å². The Hall–Kier alpha value is -0.860. The minimum absolute atomic E-state index is 0.190. The van der Waals surface area contributed by atoms with Crippen LogP contribution >= 0.6 is 0 Å². The molecule has 2 nitrogen and oxygen atoms in total. The highest BCUT2D eigenvalue weighted by Crippen LogP contribution is 2.12. The van der Waals surface area contributed by atoms with Gasteiger partial charge in [0.1, 0.15) is 0 Å². The molecule has 18 heavy (non-hydrogen) atoms. The van der Waals surface area contributed by atoms with Gasteiger partial charge in [-0.3, -0.25) is 0 Å². The third-order valence-corrected chi connectivity index (χ3v) is 3.30. The van der Waals surface area contributed by atoms with Gasteiger partial charge in [0, 0.05) is 24.7 Å². The summed E-state index contributed by atoms with van der Waals surface area (Å²) < 4.78 is 0. The van der Waals surface area contributed by atoms with Crippen molar-refractivity contribution < 1.29 is 0 Å². The van der Waals surface area contributed by atoms with E-state index in [1.165, 1.54) is 16.7 Å². The van der Waals surface area contributed by atoms with E-state index >= 15 is 0 Å². The molecular weight excluding hydrogens is 220 g/mol. The number of aryl methyl sites for hydroxylation is 1. The summed E-state index contributed by atoms with van der Waals surface area (Å²) in [6.45, 7) is 15.1. The van der Waals surface area contributed by atoms with E-state index in [0.29, 0.717) is 6.04 Å². The van der Waals surface area contributed by atoms with Crippen molar-refractivity contribution in [2.24, 2.45) is 0 Å². The summed E-state index contributed by atoms with van der Waals surface area (Å²) in [5.74, 6) is 0. The van der Waals surface area contributed by atoms with Crippen molar-refractivity contribution in [1.82, 2.24) is 10.6 Å². The van der Waals surface area contributed by atoms with Gasteiger partial charge in [0.25, 0.3) is 0 Å². The van der Waals surface area contributed by atoms with Crippen LogP contribution in [0.2, 0.25) is 0 Å². The highest BCUT2D eigenvalue weighted by Gasteiger charge is 2.11. The van der Waals surface area contributed by atoms with Gasteiger partial charge in [-0.25, -0.2) is 0 Å². The lowest BCUT2D eigenvalue weighted by Gasteiger charge is -2.24. The molecule has 0 saturated carbocycles. The second-order valence-electron chi connectivity index (χ2n) is 6.27. The molecule has 0 fully saturated rings. The van der Waals surface area contributed by atoms with E-state index in [-0.39, 0.29) is 5.54 Å². The number of hydrogen-bond acceptors (Lipinski definition) is 2. The molecule has 0 spiro atoms. The molecule has 0 aliphatic heterocycles. The standard InChI is InChI=1S/C16H28N2/c1-12-8-7-9-15(14(12)3)11-17-13(2)10-18-16(4,5)6/h7-9,13,17-18H,10-11H2,1-6H3. The van der Waals surface area contributed by atoms with E-state index < -0.39 is 0 Å². The Labute approximate surface area is 112 Å². The zero-order valence-corrected chi connectivity index (χ0v) is 12.7. The van der Waals surface area contributed by atoms with E-state index in [2.05, 4.69) is 70.4 Å². The lowest BCUT2D eigenvalue weighted by atomic mass is 10.0. The van der Waals surface area contributed by atoms with Crippen LogP contribution in [0.15, 0.2) is 18.2 Å². The predicted octanol–water partition coefficient (Wildman–Crippen LogP) is 3.17. The zero-order chi connectivity index (χ0) is 13.8. The van der Waals surface area contributed by atoms with Crippen molar-refractivity contribution in [3.63, 3.8) is 0 Å². The summed E-state index contributed by atoms with van der Waals surface area (Å²) in [5.41, 5.74) is 4.36. The number of rotatable bonds is 5. The van der Waals surface area contributed by atoms with Gasteiger partial charge in [0.15, 0.2) is 0 Å². The maximum atomic E-state index is 3.58. The number of hydrogen-bond donors (Lipinski definition) is 2. The summed E-state index contributed by atoms with van der Waals surface area (Å²) in [4.78, 5) is 0. The van der Waals surface area contributed by atoms with E-state index in [9.17, 15) is 0 Å². The summed E-state index contributed by atoms with van der Waals surface area (Å²) in [6.07, 6.45) is 0. The lowest BCUT2D eigenvalue weighted by Crippen LogP contribution is -2.44. The first-order chi connectivity index (χ1) is 8.29. The van der Waals surface area contributed by atoms with Crippen LogP contribution in [-0.2, 0) is 6.54 Å². The van der Waals surface area contributed by atoms with Crippen molar-refractivity contribution in [1.29, 1.82) is 0 Å². The fraction of sp³-hybridized carbons (Fsp3) is 0.625. The van der Waals surface area contributed by atoms with Crippen molar-refractivity contribution in [3.05, 3.63) is 34.9 Å². The highest BCUT2D eigenvalue weighted by atomic mass is 15.0. The molecule has 1 unspecified atom stereocenters. The Balaban J connectivity index is 2.43. The van der Waals surface area contributed by atoms with Crippen molar-refractivity contribution in [2.45, 2.75) is 59.7 Å². The fourth-order valence-corrected chi connectivity index (χ4v) is 1.82. The average molecular weight is 248 g/mol. The molecular formula is C16H28N2. The minimum Gasteiger partial charge on any atom is -0.311 e. The van der Waals surface area contributed by atoms with E-state index in [4.69, 9.17) is 0 Å². The molecule has 0 radical (unpaired) electrons. The maximum absolute atomic E-state index is 3.58. The predicted molar refractivity (Wildman–Crippen MR) is 80.0 cm³/mol. The van der Waals surface area contributed by atoms with Crippen LogP contribution in [0, 0.1) is 13.8 Å². The minimum atomic E-state index is 0.190. The molecule has 0 bridgehead atoms. The quantitative estimate of drug-likeness (QED) is 0.836. The second kappa shape index (κ2) is 6.35. The Bertz CT molecular complexity index is 377. The Morgan fingerprint density at radius 3 is 2.44 bits per heavy atom. The Morgan fingerprint density at radius 2 is 1.83 bits per heavy atom. The van der Waals surface area contributed by atoms with Gasteiger partial charge in [0.2, 0.25) is 0 Å². The topological polar surface area (TPSA) is 24.1 Å². The van der Waals surface area contributed by atoms with E-state index in [1.54, 1.807) is 0 Å². The summed E-state index contributed by atoms with van der Waals surface area (Å²) in [7, 11) is 0. The van der Waals surface area contributed by atoms with Crippen LogP contribution < -0.4 is 10.6 Å². The van der Waals surface area contributed by atoms with E-state index in [0.717, 1.165) is 13.1 Å². The van der Waals surface area contributed by atoms with Crippen molar-refractivity contribution in [2.75, 3.05) is 6.54 Å². The SMILES string of the molecule is Cc1cccc(CNC(C)CNC(C)(C)C)c1C. The molecule has 0 aromatic heterocycles. The first kappa shape index (κ1) is 15.2. The molecule has 1 aromatic carbocycles. The molecule has 1 rings (SSSR count). The first-order valence-corrected chi connectivity index (χ1v) is 6.83. The maximum Gasteiger partial charge on any atom is 0.0211 e. The number of benzene rings is 1. The molecule has 2 heteroatoms. The van der Waals surface area contributed by atoms with Crippen molar-refractivity contribution in [3.8, 4) is 0 Å². The van der Waals surface area contributed by atoms with Crippen LogP contribution in [0.25, 0.3) is 0 Å². The third-order valence-electron chi connectivity index (χ3n) is 3.30. The summed E-state index contributed by atoms with van der Waals surface area (Å²) >= 11 is 0. The smallest absolute Gasteiger partial charge is 0.0211 e. The normalized spacial score (nSPS) is 13.7. The van der Waals surface area contributed by atoms with Gasteiger partial charge in [-0.15, -0.1) is 0 Å². The zero-order valence-electron chi connectivity index (χ0n) is 12.7.